The van der Waals surface area contributed by atoms with Gasteiger partial charge in [-0.25, -0.2) is 26.8 Å². The molecule has 2 amide bonds. The van der Waals surface area contributed by atoms with E-state index in [4.69, 9.17) is 0 Å². The predicted molar refractivity (Wildman–Crippen MR) is 129 cm³/mol. The SMILES string of the molecule is CC(C)CC(=O)Nc1cc(S(C)(=O)=O)cc(C[C@@H](C)CC(=O)Nc2ccc(S(C)(=O)=O)nc2)n1. The second kappa shape index (κ2) is 11.0. The lowest BCUT2D eigenvalue weighted by molar-refractivity contribution is -0.117. The molecule has 0 spiro atoms. The third kappa shape index (κ3) is 8.82. The van der Waals surface area contributed by atoms with E-state index in [0.717, 1.165) is 12.5 Å². The minimum absolute atomic E-state index is 0.0334. The molecule has 12 heteroatoms. The molecular formula is C22H30N4O6S2. The molecule has 0 unspecified atom stereocenters. The van der Waals surface area contributed by atoms with Gasteiger partial charge in [0.05, 0.1) is 16.8 Å². The van der Waals surface area contributed by atoms with Crippen LogP contribution in [0.2, 0.25) is 0 Å². The number of nitrogens with one attached hydrogen (secondary N) is 2. The van der Waals surface area contributed by atoms with E-state index in [9.17, 15) is 26.4 Å². The number of anilines is 2. The third-order valence-corrected chi connectivity index (χ3v) is 6.73. The summed E-state index contributed by atoms with van der Waals surface area (Å²) in [7, 11) is -6.97. The molecule has 2 rings (SSSR count). The lowest BCUT2D eigenvalue weighted by Gasteiger charge is -2.14. The van der Waals surface area contributed by atoms with Crippen molar-refractivity contribution in [1.29, 1.82) is 0 Å². The second-order valence-electron chi connectivity index (χ2n) is 8.82. The average Bonchev–Trinajstić information content (AvgIpc) is 2.65. The van der Waals surface area contributed by atoms with Gasteiger partial charge in [-0.05, 0) is 42.5 Å². The Bertz CT molecular complexity index is 1260. The molecule has 0 bridgehead atoms. The number of sulfone groups is 2. The van der Waals surface area contributed by atoms with Crippen molar-refractivity contribution in [2.45, 2.75) is 50.0 Å². The van der Waals surface area contributed by atoms with E-state index in [2.05, 4.69) is 20.6 Å². The van der Waals surface area contributed by atoms with Crippen LogP contribution in [-0.4, -0.2) is 51.1 Å². The molecule has 0 saturated carbocycles. The van der Waals surface area contributed by atoms with Gasteiger partial charge in [0.2, 0.25) is 11.8 Å². The maximum Gasteiger partial charge on any atom is 0.225 e. The normalized spacial score (nSPS) is 12.9. The number of carbonyl (C=O) groups excluding carboxylic acids is 2. The average molecular weight is 511 g/mol. The summed E-state index contributed by atoms with van der Waals surface area (Å²) < 4.78 is 47.2. The Morgan fingerprint density at radius 2 is 1.56 bits per heavy atom. The highest BCUT2D eigenvalue weighted by Crippen LogP contribution is 2.20. The fourth-order valence-electron chi connectivity index (χ4n) is 3.14. The fraction of sp³-hybridized carbons (Fsp3) is 0.455. The summed E-state index contributed by atoms with van der Waals surface area (Å²) in [6.07, 6.45) is 4.07. The first-order valence-electron chi connectivity index (χ1n) is 10.6. The Morgan fingerprint density at radius 3 is 2.09 bits per heavy atom. The minimum Gasteiger partial charge on any atom is -0.325 e. The first-order chi connectivity index (χ1) is 15.6. The maximum atomic E-state index is 12.4. The van der Waals surface area contributed by atoms with Gasteiger partial charge in [0, 0.05) is 31.0 Å². The molecule has 186 valence electrons. The van der Waals surface area contributed by atoms with Crippen molar-refractivity contribution in [3.63, 3.8) is 0 Å². The van der Waals surface area contributed by atoms with Crippen molar-refractivity contribution >= 4 is 43.0 Å². The maximum absolute atomic E-state index is 12.4. The van der Waals surface area contributed by atoms with Gasteiger partial charge in [0.15, 0.2) is 24.7 Å². The van der Waals surface area contributed by atoms with Gasteiger partial charge in [0.25, 0.3) is 0 Å². The number of carbonyl (C=O) groups is 2. The molecular weight excluding hydrogens is 480 g/mol. The summed E-state index contributed by atoms with van der Waals surface area (Å²) in [6.45, 7) is 5.61. The third-order valence-electron chi connectivity index (χ3n) is 4.63. The summed E-state index contributed by atoms with van der Waals surface area (Å²) >= 11 is 0. The van der Waals surface area contributed by atoms with Crippen molar-refractivity contribution in [3.8, 4) is 0 Å². The molecule has 0 fully saturated rings. The Balaban J connectivity index is 2.10. The molecule has 0 radical (unpaired) electrons. The van der Waals surface area contributed by atoms with E-state index in [1.165, 1.54) is 30.5 Å². The van der Waals surface area contributed by atoms with Crippen LogP contribution in [0.1, 0.15) is 39.3 Å². The zero-order valence-electron chi connectivity index (χ0n) is 19.8. The zero-order chi connectivity index (χ0) is 25.7. The van der Waals surface area contributed by atoms with Crippen LogP contribution in [0, 0.1) is 11.8 Å². The molecule has 10 nitrogen and oxygen atoms in total. The van der Waals surface area contributed by atoms with Crippen molar-refractivity contribution < 1.29 is 26.4 Å². The van der Waals surface area contributed by atoms with Crippen molar-refractivity contribution in [1.82, 2.24) is 9.97 Å². The molecule has 0 saturated heterocycles. The number of nitrogens with zero attached hydrogens (tertiary/aromatic N) is 2. The quantitative estimate of drug-likeness (QED) is 0.494. The molecule has 1 atom stereocenters. The second-order valence-corrected chi connectivity index (χ2v) is 12.8. The topological polar surface area (TPSA) is 152 Å². The lowest BCUT2D eigenvalue weighted by Crippen LogP contribution is -2.18. The van der Waals surface area contributed by atoms with E-state index < -0.39 is 19.7 Å². The molecule has 2 heterocycles. The van der Waals surface area contributed by atoms with Crippen LogP contribution in [-0.2, 0) is 35.7 Å². The predicted octanol–water partition coefficient (Wildman–Crippen LogP) is 2.48. The van der Waals surface area contributed by atoms with Gasteiger partial charge < -0.3 is 10.6 Å². The first-order valence-corrected chi connectivity index (χ1v) is 14.4. The van der Waals surface area contributed by atoms with Crippen LogP contribution in [0.5, 0.6) is 0 Å². The molecule has 0 aliphatic carbocycles. The van der Waals surface area contributed by atoms with E-state index in [0.29, 0.717) is 17.8 Å². The van der Waals surface area contributed by atoms with E-state index in [1.807, 2.05) is 20.8 Å². The first kappa shape index (κ1) is 27.4. The molecule has 34 heavy (non-hydrogen) atoms. The summed E-state index contributed by atoms with van der Waals surface area (Å²) in [5.41, 5.74) is 0.791. The standard InChI is InChI=1S/C22H30N4O6S2/c1-14(2)8-20(27)26-19-12-18(33(4,29)30)11-17(24-19)9-15(3)10-21(28)25-16-6-7-22(23-13-16)34(5,31)32/h6-7,11-15H,8-10H2,1-5H3,(H,25,28)(H,24,26,27)/t15-/m1/s1. The highest BCUT2D eigenvalue weighted by molar-refractivity contribution is 7.91. The highest BCUT2D eigenvalue weighted by Gasteiger charge is 2.17. The smallest absolute Gasteiger partial charge is 0.225 e. The number of amides is 2. The molecule has 0 aromatic carbocycles. The number of aromatic nitrogens is 2. The fourth-order valence-corrected chi connectivity index (χ4v) is 4.37. The largest absolute Gasteiger partial charge is 0.325 e. The number of rotatable bonds is 10. The van der Waals surface area contributed by atoms with Crippen LogP contribution in [0.25, 0.3) is 0 Å². The Hall–Kier alpha value is -2.86. The molecule has 0 aliphatic heterocycles. The summed E-state index contributed by atoms with van der Waals surface area (Å²) in [4.78, 5) is 32.8. The van der Waals surface area contributed by atoms with E-state index in [-0.39, 0.29) is 52.2 Å². The minimum atomic E-state index is -3.54. The number of hydrogen-bond donors (Lipinski definition) is 2. The lowest BCUT2D eigenvalue weighted by atomic mass is 10.0. The zero-order valence-corrected chi connectivity index (χ0v) is 21.5. The van der Waals surface area contributed by atoms with Crippen LogP contribution >= 0.6 is 0 Å². The van der Waals surface area contributed by atoms with E-state index >= 15 is 0 Å². The Labute approximate surface area is 200 Å². The van der Waals surface area contributed by atoms with Gasteiger partial charge in [-0.3, -0.25) is 9.59 Å². The number of hydrogen-bond acceptors (Lipinski definition) is 8. The molecule has 2 aromatic heterocycles. The van der Waals surface area contributed by atoms with Crippen molar-refractivity contribution in [2.24, 2.45) is 11.8 Å². The van der Waals surface area contributed by atoms with Gasteiger partial charge in [-0.1, -0.05) is 20.8 Å². The van der Waals surface area contributed by atoms with Crippen molar-refractivity contribution in [2.75, 3.05) is 23.1 Å². The molecule has 2 aromatic rings. The van der Waals surface area contributed by atoms with Gasteiger partial charge in [-0.15, -0.1) is 0 Å². The van der Waals surface area contributed by atoms with Gasteiger partial charge in [0.1, 0.15) is 5.82 Å². The van der Waals surface area contributed by atoms with E-state index in [1.54, 1.807) is 0 Å². The summed E-state index contributed by atoms with van der Waals surface area (Å²) in [5, 5.41) is 5.21. The van der Waals surface area contributed by atoms with Crippen LogP contribution in [0.3, 0.4) is 0 Å². The van der Waals surface area contributed by atoms with Crippen LogP contribution in [0.15, 0.2) is 40.4 Å². The van der Waals surface area contributed by atoms with Crippen molar-refractivity contribution in [3.05, 3.63) is 36.2 Å². The monoisotopic (exact) mass is 510 g/mol. The molecule has 2 N–H and O–H groups in total. The molecule has 0 aliphatic rings. The highest BCUT2D eigenvalue weighted by atomic mass is 32.2. The Kier molecular flexibility index (Phi) is 8.89. The summed E-state index contributed by atoms with van der Waals surface area (Å²) in [6, 6.07) is 5.52. The van der Waals surface area contributed by atoms with Gasteiger partial charge >= 0.3 is 0 Å². The van der Waals surface area contributed by atoms with Crippen LogP contribution < -0.4 is 10.6 Å². The van der Waals surface area contributed by atoms with Crippen LogP contribution in [0.4, 0.5) is 11.5 Å². The van der Waals surface area contributed by atoms with Gasteiger partial charge in [-0.2, -0.15) is 0 Å². The summed E-state index contributed by atoms with van der Waals surface area (Å²) in [5.74, 6) is -0.496. The number of pyridine rings is 2. The Morgan fingerprint density at radius 1 is 0.912 bits per heavy atom.